The van der Waals surface area contributed by atoms with E-state index in [4.69, 9.17) is 16.0 Å². The molecular weight excluding hydrogens is 380 g/mol. The van der Waals surface area contributed by atoms with Gasteiger partial charge in [0.25, 0.3) is 11.8 Å². The molecule has 2 amide bonds. The van der Waals surface area contributed by atoms with Gasteiger partial charge in [0.05, 0.1) is 17.3 Å². The first-order chi connectivity index (χ1) is 13.6. The summed E-state index contributed by atoms with van der Waals surface area (Å²) in [5.41, 5.74) is 6.57. The lowest BCUT2D eigenvalue weighted by Gasteiger charge is -2.10. The Labute approximate surface area is 164 Å². The second-order valence-electron chi connectivity index (χ2n) is 5.82. The number of para-hydroxylation sites is 1. The first kappa shape index (κ1) is 17.7. The van der Waals surface area contributed by atoms with Gasteiger partial charge in [0.1, 0.15) is 10.8 Å². The van der Waals surface area contributed by atoms with Crippen LogP contribution in [0.5, 0.6) is 0 Å². The van der Waals surface area contributed by atoms with Crippen LogP contribution in [0.4, 0.5) is 0 Å². The molecule has 0 saturated carbocycles. The number of rotatable bonds is 3. The standard InChI is InChI=1S/C20H13ClN4O3/c21-18-10-12(7-8-22-18)19(26)24-25-20(27)14-11-16(17-6-3-9-28-17)23-15-5-2-1-4-13(14)15/h1-11H,(H,24,26)(H,25,27). The third-order valence-corrected chi connectivity index (χ3v) is 4.22. The van der Waals surface area contributed by atoms with Crippen LogP contribution < -0.4 is 10.9 Å². The van der Waals surface area contributed by atoms with E-state index in [0.29, 0.717) is 27.9 Å². The summed E-state index contributed by atoms with van der Waals surface area (Å²) in [4.78, 5) is 33.3. The number of carbonyl (C=O) groups is 2. The Morgan fingerprint density at radius 2 is 1.79 bits per heavy atom. The van der Waals surface area contributed by atoms with Gasteiger partial charge in [-0.2, -0.15) is 0 Å². The highest BCUT2D eigenvalue weighted by Gasteiger charge is 2.16. The molecule has 0 radical (unpaired) electrons. The predicted molar refractivity (Wildman–Crippen MR) is 104 cm³/mol. The van der Waals surface area contributed by atoms with Gasteiger partial charge < -0.3 is 4.42 Å². The van der Waals surface area contributed by atoms with Crippen LogP contribution >= 0.6 is 11.6 Å². The van der Waals surface area contributed by atoms with Crippen LogP contribution in [0.3, 0.4) is 0 Å². The molecule has 0 atom stereocenters. The maximum absolute atomic E-state index is 12.8. The van der Waals surface area contributed by atoms with Crippen molar-refractivity contribution in [2.75, 3.05) is 0 Å². The Morgan fingerprint density at radius 3 is 2.57 bits per heavy atom. The van der Waals surface area contributed by atoms with Gasteiger partial charge in [-0.1, -0.05) is 29.8 Å². The summed E-state index contributed by atoms with van der Waals surface area (Å²) in [5.74, 6) is -0.461. The Hall–Kier alpha value is -3.71. The summed E-state index contributed by atoms with van der Waals surface area (Å²) in [6.45, 7) is 0. The molecule has 0 aliphatic carbocycles. The Balaban J connectivity index is 1.62. The topological polar surface area (TPSA) is 97.1 Å². The van der Waals surface area contributed by atoms with E-state index in [0.717, 1.165) is 0 Å². The maximum atomic E-state index is 12.8. The number of furan rings is 1. The van der Waals surface area contributed by atoms with Crippen molar-refractivity contribution >= 4 is 34.3 Å². The zero-order valence-corrected chi connectivity index (χ0v) is 15.1. The molecule has 0 unspecified atom stereocenters. The van der Waals surface area contributed by atoms with Crippen LogP contribution in [0, 0.1) is 0 Å². The molecule has 2 N–H and O–H groups in total. The lowest BCUT2D eigenvalue weighted by molar-refractivity contribution is 0.0847. The molecule has 0 bridgehead atoms. The molecular formula is C20H13ClN4O3. The number of nitrogens with one attached hydrogen (secondary N) is 2. The number of carbonyl (C=O) groups excluding carboxylic acids is 2. The average molecular weight is 393 g/mol. The molecule has 7 nitrogen and oxygen atoms in total. The third kappa shape index (κ3) is 3.56. The first-order valence-corrected chi connectivity index (χ1v) is 8.65. The normalized spacial score (nSPS) is 10.6. The molecule has 4 aromatic rings. The van der Waals surface area contributed by atoms with E-state index >= 15 is 0 Å². The Morgan fingerprint density at radius 1 is 0.964 bits per heavy atom. The van der Waals surface area contributed by atoms with Crippen molar-refractivity contribution in [3.63, 3.8) is 0 Å². The third-order valence-electron chi connectivity index (χ3n) is 4.01. The van der Waals surface area contributed by atoms with E-state index in [1.54, 1.807) is 30.3 Å². The quantitative estimate of drug-likeness (QED) is 0.410. The summed E-state index contributed by atoms with van der Waals surface area (Å²) in [6, 6.07) is 15.2. The van der Waals surface area contributed by atoms with Crippen LogP contribution in [0.2, 0.25) is 5.15 Å². The van der Waals surface area contributed by atoms with E-state index in [1.165, 1.54) is 24.6 Å². The average Bonchev–Trinajstić information content (AvgIpc) is 3.26. The van der Waals surface area contributed by atoms with Gasteiger partial charge in [0.2, 0.25) is 0 Å². The van der Waals surface area contributed by atoms with Gasteiger partial charge in [-0.3, -0.25) is 20.4 Å². The highest BCUT2D eigenvalue weighted by molar-refractivity contribution is 6.29. The van der Waals surface area contributed by atoms with Gasteiger partial charge in [-0.05, 0) is 36.4 Å². The predicted octanol–water partition coefficient (Wildman–Crippen LogP) is 3.62. The number of amides is 2. The van der Waals surface area contributed by atoms with Gasteiger partial charge >= 0.3 is 0 Å². The minimum absolute atomic E-state index is 0.183. The van der Waals surface area contributed by atoms with E-state index in [1.807, 2.05) is 12.1 Å². The number of aromatic nitrogens is 2. The summed E-state index contributed by atoms with van der Waals surface area (Å²) in [5, 5.41) is 0.832. The molecule has 0 spiro atoms. The molecule has 3 heterocycles. The Bertz CT molecular complexity index is 1180. The van der Waals surface area contributed by atoms with Crippen molar-refractivity contribution in [1.29, 1.82) is 0 Å². The summed E-state index contributed by atoms with van der Waals surface area (Å²) in [7, 11) is 0. The molecule has 1 aromatic carbocycles. The minimum Gasteiger partial charge on any atom is -0.463 e. The number of hydrogen-bond donors (Lipinski definition) is 2. The van der Waals surface area contributed by atoms with Gasteiger partial charge in [0.15, 0.2) is 5.76 Å². The molecule has 4 rings (SSSR count). The number of halogens is 1. The van der Waals surface area contributed by atoms with Crippen molar-refractivity contribution in [2.24, 2.45) is 0 Å². The largest absolute Gasteiger partial charge is 0.463 e. The summed E-state index contributed by atoms with van der Waals surface area (Å²) < 4.78 is 5.39. The molecule has 0 fully saturated rings. The lowest BCUT2D eigenvalue weighted by Crippen LogP contribution is -2.41. The number of hydrogen-bond acceptors (Lipinski definition) is 5. The molecule has 0 saturated heterocycles. The fourth-order valence-corrected chi connectivity index (χ4v) is 2.88. The number of fused-ring (bicyclic) bond motifs is 1. The van der Waals surface area contributed by atoms with Gasteiger partial charge in [0, 0.05) is 17.1 Å². The molecule has 138 valence electrons. The second kappa shape index (κ2) is 7.50. The van der Waals surface area contributed by atoms with Crippen molar-refractivity contribution < 1.29 is 14.0 Å². The van der Waals surface area contributed by atoms with Crippen molar-refractivity contribution in [3.8, 4) is 11.5 Å². The number of pyridine rings is 2. The monoisotopic (exact) mass is 392 g/mol. The van der Waals surface area contributed by atoms with E-state index in [9.17, 15) is 9.59 Å². The van der Waals surface area contributed by atoms with Crippen LogP contribution in [-0.2, 0) is 0 Å². The van der Waals surface area contributed by atoms with E-state index < -0.39 is 11.8 Å². The van der Waals surface area contributed by atoms with E-state index in [-0.39, 0.29) is 10.7 Å². The number of nitrogens with zero attached hydrogens (tertiary/aromatic N) is 2. The molecule has 3 aromatic heterocycles. The van der Waals surface area contributed by atoms with Crippen molar-refractivity contribution in [1.82, 2.24) is 20.8 Å². The van der Waals surface area contributed by atoms with Gasteiger partial charge in [-0.25, -0.2) is 9.97 Å². The molecule has 8 heteroatoms. The first-order valence-electron chi connectivity index (χ1n) is 8.28. The van der Waals surface area contributed by atoms with Crippen LogP contribution in [0.25, 0.3) is 22.4 Å². The van der Waals surface area contributed by atoms with E-state index in [2.05, 4.69) is 20.8 Å². The minimum atomic E-state index is -0.512. The maximum Gasteiger partial charge on any atom is 0.270 e. The molecule has 0 aliphatic heterocycles. The molecule has 28 heavy (non-hydrogen) atoms. The van der Waals surface area contributed by atoms with Gasteiger partial charge in [-0.15, -0.1) is 0 Å². The van der Waals surface area contributed by atoms with Crippen LogP contribution in [-0.4, -0.2) is 21.8 Å². The second-order valence-corrected chi connectivity index (χ2v) is 6.21. The summed E-state index contributed by atoms with van der Waals surface area (Å²) >= 11 is 5.78. The Kier molecular flexibility index (Phi) is 4.74. The van der Waals surface area contributed by atoms with Crippen LogP contribution in [0.15, 0.2) is 71.5 Å². The van der Waals surface area contributed by atoms with Crippen molar-refractivity contribution in [2.45, 2.75) is 0 Å². The summed E-state index contributed by atoms with van der Waals surface area (Å²) in [6.07, 6.45) is 2.94. The fourth-order valence-electron chi connectivity index (χ4n) is 2.71. The SMILES string of the molecule is O=C(NNC(=O)c1cc(-c2ccco2)nc2ccccc12)c1ccnc(Cl)c1. The highest BCUT2D eigenvalue weighted by Crippen LogP contribution is 2.25. The zero-order chi connectivity index (χ0) is 19.5. The van der Waals surface area contributed by atoms with Crippen molar-refractivity contribution in [3.05, 3.63) is 83.3 Å². The van der Waals surface area contributed by atoms with Crippen LogP contribution in [0.1, 0.15) is 20.7 Å². The fraction of sp³-hybridized carbons (Fsp3) is 0. The zero-order valence-electron chi connectivity index (χ0n) is 14.3. The number of hydrazine groups is 1. The molecule has 0 aliphatic rings. The highest BCUT2D eigenvalue weighted by atomic mass is 35.5. The number of benzene rings is 1. The lowest BCUT2D eigenvalue weighted by atomic mass is 10.1. The smallest absolute Gasteiger partial charge is 0.270 e.